The van der Waals surface area contributed by atoms with E-state index in [9.17, 15) is 13.2 Å². The Morgan fingerprint density at radius 3 is 2.50 bits per heavy atom. The maximum atomic E-state index is 13.5. The number of alkyl halides is 3. The first-order chi connectivity index (χ1) is 15.3. The molecule has 1 atom stereocenters. The Morgan fingerprint density at radius 1 is 1.06 bits per heavy atom. The second-order valence-corrected chi connectivity index (χ2v) is 9.68. The fraction of sp³-hybridized carbons (Fsp3) is 0.476. The van der Waals surface area contributed by atoms with Crippen molar-refractivity contribution >= 4 is 29.2 Å². The largest absolute Gasteiger partial charge is 0.417 e. The van der Waals surface area contributed by atoms with Crippen molar-refractivity contribution in [1.82, 2.24) is 19.4 Å². The van der Waals surface area contributed by atoms with Gasteiger partial charge in [0.2, 0.25) is 5.95 Å². The van der Waals surface area contributed by atoms with Crippen LogP contribution >= 0.6 is 11.8 Å². The van der Waals surface area contributed by atoms with Gasteiger partial charge in [-0.1, -0.05) is 18.2 Å². The van der Waals surface area contributed by atoms with Gasteiger partial charge in [0, 0.05) is 48.8 Å². The first kappa shape index (κ1) is 21.3. The third-order valence-electron chi connectivity index (χ3n) is 6.81. The minimum atomic E-state index is -4.54. The van der Waals surface area contributed by atoms with Gasteiger partial charge in [0.15, 0.2) is 5.65 Å². The summed E-state index contributed by atoms with van der Waals surface area (Å²) in [7, 11) is 0. The second kappa shape index (κ2) is 7.80. The number of piperidine rings is 1. The van der Waals surface area contributed by atoms with Crippen LogP contribution in [0.4, 0.5) is 24.9 Å². The molecule has 2 aliphatic rings. The van der Waals surface area contributed by atoms with Crippen molar-refractivity contribution in [3.05, 3.63) is 36.4 Å². The standard InChI is InChI=1S/C21H24F3N7S/c22-21(23,24)13-10-17(26)28-11-14(13)32-15-12-29-19(31-9-6-27-18(15)31)30-7-4-20(5-8-30)3-1-2-16(20)25/h6,9-12,16H,1-5,7-8,25H2,(H2,26,28)/t16-/m1/s1. The molecule has 0 amide bonds. The molecular weight excluding hydrogens is 439 g/mol. The zero-order valence-electron chi connectivity index (χ0n) is 17.3. The van der Waals surface area contributed by atoms with Crippen molar-refractivity contribution in [1.29, 1.82) is 0 Å². The number of hydrogen-bond donors (Lipinski definition) is 2. The quantitative estimate of drug-likeness (QED) is 0.606. The number of nitrogens with two attached hydrogens (primary N) is 2. The van der Waals surface area contributed by atoms with Crippen LogP contribution in [0.5, 0.6) is 0 Å². The van der Waals surface area contributed by atoms with Gasteiger partial charge in [-0.2, -0.15) is 13.2 Å². The van der Waals surface area contributed by atoms with E-state index in [0.29, 0.717) is 10.5 Å². The van der Waals surface area contributed by atoms with Gasteiger partial charge in [0.25, 0.3) is 0 Å². The molecule has 5 rings (SSSR count). The molecule has 170 valence electrons. The topological polar surface area (TPSA) is 98.4 Å². The number of rotatable bonds is 3. The molecule has 0 bridgehead atoms. The molecule has 2 fully saturated rings. The van der Waals surface area contributed by atoms with Crippen molar-refractivity contribution in [3.8, 4) is 0 Å². The minimum Gasteiger partial charge on any atom is -0.384 e. The predicted molar refractivity (Wildman–Crippen MR) is 116 cm³/mol. The summed E-state index contributed by atoms with van der Waals surface area (Å²) in [6, 6.07) is 1.12. The van der Waals surface area contributed by atoms with Gasteiger partial charge in [-0.25, -0.2) is 15.0 Å². The maximum Gasteiger partial charge on any atom is 0.417 e. The molecule has 4 heterocycles. The number of imidazole rings is 1. The average molecular weight is 464 g/mol. The molecule has 4 N–H and O–H groups in total. The summed E-state index contributed by atoms with van der Waals surface area (Å²) in [5.41, 5.74) is 11.9. The smallest absolute Gasteiger partial charge is 0.384 e. The van der Waals surface area contributed by atoms with E-state index in [1.807, 2.05) is 4.40 Å². The summed E-state index contributed by atoms with van der Waals surface area (Å²) in [4.78, 5) is 15.5. The van der Waals surface area contributed by atoms with Gasteiger partial charge in [-0.05, 0) is 37.2 Å². The molecule has 3 aromatic rings. The third-order valence-corrected chi connectivity index (χ3v) is 7.86. The van der Waals surface area contributed by atoms with E-state index in [-0.39, 0.29) is 22.2 Å². The SMILES string of the molecule is Nc1cc(C(F)(F)F)c(Sc2cnc(N3CCC4(CCC[C@H]4N)CC3)n3ccnc23)cn1. The van der Waals surface area contributed by atoms with Crippen LogP contribution in [-0.2, 0) is 6.18 Å². The van der Waals surface area contributed by atoms with Crippen LogP contribution in [0.25, 0.3) is 5.65 Å². The van der Waals surface area contributed by atoms with Gasteiger partial charge in [0.1, 0.15) is 5.82 Å². The van der Waals surface area contributed by atoms with Crippen molar-refractivity contribution in [2.45, 2.75) is 54.1 Å². The highest BCUT2D eigenvalue weighted by Crippen LogP contribution is 2.46. The lowest BCUT2D eigenvalue weighted by molar-refractivity contribution is -0.139. The molecule has 1 aliphatic heterocycles. The van der Waals surface area contributed by atoms with Crippen molar-refractivity contribution < 1.29 is 13.2 Å². The summed E-state index contributed by atoms with van der Waals surface area (Å²) >= 11 is 0.936. The fourth-order valence-corrected chi connectivity index (χ4v) is 5.98. The number of pyridine rings is 1. The molecule has 1 aliphatic carbocycles. The van der Waals surface area contributed by atoms with E-state index >= 15 is 0 Å². The maximum absolute atomic E-state index is 13.5. The van der Waals surface area contributed by atoms with E-state index < -0.39 is 11.7 Å². The lowest BCUT2D eigenvalue weighted by atomic mass is 9.74. The van der Waals surface area contributed by atoms with Gasteiger partial charge >= 0.3 is 6.18 Å². The number of hydrogen-bond acceptors (Lipinski definition) is 7. The lowest BCUT2D eigenvalue weighted by Crippen LogP contribution is -2.47. The normalized spacial score (nSPS) is 21.0. The first-order valence-electron chi connectivity index (χ1n) is 10.6. The van der Waals surface area contributed by atoms with E-state index in [2.05, 4.69) is 19.9 Å². The monoisotopic (exact) mass is 463 g/mol. The van der Waals surface area contributed by atoms with Gasteiger partial charge < -0.3 is 16.4 Å². The Labute approximate surface area is 187 Å². The van der Waals surface area contributed by atoms with Crippen LogP contribution in [-0.4, -0.2) is 38.5 Å². The number of fused-ring (bicyclic) bond motifs is 1. The van der Waals surface area contributed by atoms with Crippen LogP contribution in [0.2, 0.25) is 0 Å². The van der Waals surface area contributed by atoms with Gasteiger partial charge in [0.05, 0.1) is 10.5 Å². The second-order valence-electron chi connectivity index (χ2n) is 8.60. The number of anilines is 2. The number of nitrogen functional groups attached to an aromatic ring is 1. The van der Waals surface area contributed by atoms with Gasteiger partial charge in [-0.3, -0.25) is 4.40 Å². The first-order valence-corrected chi connectivity index (χ1v) is 11.4. The number of nitrogens with zero attached hydrogens (tertiary/aromatic N) is 5. The summed E-state index contributed by atoms with van der Waals surface area (Å²) in [5, 5.41) is 0. The molecule has 1 saturated carbocycles. The third kappa shape index (κ3) is 3.66. The van der Waals surface area contributed by atoms with Crippen molar-refractivity contribution in [2.75, 3.05) is 23.7 Å². The van der Waals surface area contributed by atoms with Crippen molar-refractivity contribution in [2.24, 2.45) is 11.1 Å². The molecule has 0 unspecified atom stereocenters. The number of halogens is 3. The van der Waals surface area contributed by atoms with E-state index in [4.69, 9.17) is 11.5 Å². The Hall–Kier alpha value is -2.53. The number of aromatic nitrogens is 4. The predicted octanol–water partition coefficient (Wildman–Crippen LogP) is 3.97. The molecule has 11 heteroatoms. The molecule has 7 nitrogen and oxygen atoms in total. The Bertz CT molecular complexity index is 1140. The highest BCUT2D eigenvalue weighted by atomic mass is 32.2. The summed E-state index contributed by atoms with van der Waals surface area (Å²) < 4.78 is 42.3. The summed E-state index contributed by atoms with van der Waals surface area (Å²) in [6.45, 7) is 1.70. The zero-order chi connectivity index (χ0) is 22.5. The van der Waals surface area contributed by atoms with E-state index in [1.165, 1.54) is 12.8 Å². The van der Waals surface area contributed by atoms with E-state index in [0.717, 1.165) is 62.3 Å². The minimum absolute atomic E-state index is 0.0405. The molecule has 1 saturated heterocycles. The Kier molecular flexibility index (Phi) is 5.20. The molecule has 3 aromatic heterocycles. The van der Waals surface area contributed by atoms with Crippen LogP contribution in [0, 0.1) is 5.41 Å². The van der Waals surface area contributed by atoms with Crippen LogP contribution in [0.3, 0.4) is 0 Å². The van der Waals surface area contributed by atoms with Crippen molar-refractivity contribution in [3.63, 3.8) is 0 Å². The zero-order valence-corrected chi connectivity index (χ0v) is 18.2. The highest BCUT2D eigenvalue weighted by molar-refractivity contribution is 7.99. The van der Waals surface area contributed by atoms with Crippen LogP contribution in [0.1, 0.15) is 37.7 Å². The fourth-order valence-electron chi connectivity index (χ4n) is 5.01. The molecular formula is C21H24F3N7S. The molecule has 32 heavy (non-hydrogen) atoms. The van der Waals surface area contributed by atoms with Gasteiger partial charge in [-0.15, -0.1) is 0 Å². The van der Waals surface area contributed by atoms with E-state index in [1.54, 1.807) is 18.6 Å². The van der Waals surface area contributed by atoms with Crippen LogP contribution in [0.15, 0.2) is 40.6 Å². The summed E-state index contributed by atoms with van der Waals surface area (Å²) in [5.74, 6) is 0.570. The lowest BCUT2D eigenvalue weighted by Gasteiger charge is -2.42. The Balaban J connectivity index is 1.43. The summed E-state index contributed by atoms with van der Waals surface area (Å²) in [6.07, 6.45) is 7.13. The molecule has 0 radical (unpaired) electrons. The highest BCUT2D eigenvalue weighted by Gasteiger charge is 2.43. The molecule has 1 spiro atoms. The Morgan fingerprint density at radius 2 is 1.81 bits per heavy atom. The van der Waals surface area contributed by atoms with Crippen LogP contribution < -0.4 is 16.4 Å². The molecule has 0 aromatic carbocycles. The average Bonchev–Trinajstić information content (AvgIpc) is 3.38.